The van der Waals surface area contributed by atoms with Gasteiger partial charge in [0.1, 0.15) is 17.4 Å². The predicted molar refractivity (Wildman–Crippen MR) is 68.5 cm³/mol. The van der Waals surface area contributed by atoms with Crippen LogP contribution in [0.4, 0.5) is 13.2 Å². The Kier molecular flexibility index (Phi) is 5.74. The third-order valence-electron chi connectivity index (χ3n) is 2.83. The molecule has 0 atom stereocenters. The van der Waals surface area contributed by atoms with E-state index >= 15 is 0 Å². The van der Waals surface area contributed by atoms with Crippen LogP contribution in [-0.4, -0.2) is 39.5 Å². The lowest BCUT2D eigenvalue weighted by Crippen LogP contribution is -2.45. The molecule has 0 saturated carbocycles. The summed E-state index contributed by atoms with van der Waals surface area (Å²) in [5.41, 5.74) is -0.148. The van der Waals surface area contributed by atoms with Gasteiger partial charge in [0, 0.05) is 6.04 Å². The largest absolute Gasteiger partial charge is 0.406 e. The van der Waals surface area contributed by atoms with E-state index in [0.717, 1.165) is 17.3 Å². The molecule has 0 unspecified atom stereocenters. The summed E-state index contributed by atoms with van der Waals surface area (Å²) in [6.45, 7) is 2.17. The van der Waals surface area contributed by atoms with Gasteiger partial charge in [0.2, 0.25) is 0 Å². The molecule has 1 amide bonds. The maximum Gasteiger partial charge on any atom is 0.406 e. The molecule has 0 spiro atoms. The molecule has 1 rings (SSSR count). The molecule has 1 aromatic rings. The molecule has 112 valence electrons. The number of rotatable bonds is 5. The summed E-state index contributed by atoms with van der Waals surface area (Å²) in [5.74, 6) is -0.791. The fourth-order valence-corrected chi connectivity index (χ4v) is 1.96. The first-order valence-corrected chi connectivity index (χ1v) is 6.51. The molecule has 1 aromatic heterocycles. The highest BCUT2D eigenvalue weighted by atomic mass is 35.5. The topological polar surface area (TPSA) is 46.1 Å². The second-order valence-electron chi connectivity index (χ2n) is 4.24. The lowest BCUT2D eigenvalue weighted by molar-refractivity contribution is -0.145. The zero-order chi connectivity index (χ0) is 15.3. The number of hydrogen-bond donors (Lipinski definition) is 0. The van der Waals surface area contributed by atoms with E-state index in [9.17, 15) is 18.0 Å². The van der Waals surface area contributed by atoms with Gasteiger partial charge in [-0.3, -0.25) is 4.79 Å². The number of carbonyl (C=O) groups is 1. The van der Waals surface area contributed by atoms with E-state index in [1.807, 2.05) is 0 Å². The van der Waals surface area contributed by atoms with Crippen LogP contribution >= 0.6 is 11.6 Å². The summed E-state index contributed by atoms with van der Waals surface area (Å²) in [7, 11) is 0. The fourth-order valence-electron chi connectivity index (χ4n) is 1.86. The summed E-state index contributed by atoms with van der Waals surface area (Å²) in [4.78, 5) is 20.4. The van der Waals surface area contributed by atoms with E-state index in [1.54, 1.807) is 13.8 Å². The van der Waals surface area contributed by atoms with Crippen molar-refractivity contribution in [2.75, 3.05) is 6.54 Å². The van der Waals surface area contributed by atoms with Crippen molar-refractivity contribution in [1.82, 2.24) is 14.9 Å². The number of halogens is 4. The lowest BCUT2D eigenvalue weighted by atomic mass is 10.1. The Morgan fingerprint density at radius 1 is 1.30 bits per heavy atom. The molecule has 0 aliphatic heterocycles. The zero-order valence-corrected chi connectivity index (χ0v) is 11.9. The summed E-state index contributed by atoms with van der Waals surface area (Å²) in [6.07, 6.45) is -1.39. The average Bonchev–Trinajstić information content (AvgIpc) is 2.37. The maximum atomic E-state index is 12.6. The Labute approximate surface area is 120 Å². The fraction of sp³-hybridized carbons (Fsp3) is 0.583. The number of alkyl halides is 3. The number of amides is 1. The first kappa shape index (κ1) is 16.7. The van der Waals surface area contributed by atoms with Gasteiger partial charge in [-0.15, -0.1) is 0 Å². The van der Waals surface area contributed by atoms with E-state index in [1.165, 1.54) is 0 Å². The number of hydrogen-bond acceptors (Lipinski definition) is 3. The molecule has 8 heteroatoms. The van der Waals surface area contributed by atoms with Crippen LogP contribution in [0, 0.1) is 0 Å². The normalized spacial score (nSPS) is 11.8. The van der Waals surface area contributed by atoms with Crippen molar-refractivity contribution in [3.05, 3.63) is 23.2 Å². The molecule has 0 radical (unpaired) electrons. The van der Waals surface area contributed by atoms with Crippen LogP contribution in [0.1, 0.15) is 37.2 Å². The number of nitrogens with zero attached hydrogens (tertiary/aromatic N) is 3. The highest BCUT2D eigenvalue weighted by molar-refractivity contribution is 6.29. The maximum absolute atomic E-state index is 12.6. The third kappa shape index (κ3) is 4.63. The number of aromatic nitrogens is 2. The highest BCUT2D eigenvalue weighted by Crippen LogP contribution is 2.22. The van der Waals surface area contributed by atoms with Crippen LogP contribution in [0.3, 0.4) is 0 Å². The van der Waals surface area contributed by atoms with Crippen molar-refractivity contribution in [2.45, 2.75) is 38.9 Å². The second kappa shape index (κ2) is 6.88. The Balaban J connectivity index is 3.02. The predicted octanol–water partition coefficient (Wildman–Crippen LogP) is 3.32. The van der Waals surface area contributed by atoms with Gasteiger partial charge < -0.3 is 4.90 Å². The van der Waals surface area contributed by atoms with E-state index in [2.05, 4.69) is 9.97 Å². The molecular weight excluding hydrogens is 295 g/mol. The Morgan fingerprint density at radius 2 is 1.90 bits per heavy atom. The van der Waals surface area contributed by atoms with Crippen molar-refractivity contribution in [3.63, 3.8) is 0 Å². The molecule has 0 aromatic carbocycles. The first-order valence-electron chi connectivity index (χ1n) is 6.13. The Morgan fingerprint density at radius 3 is 2.30 bits per heavy atom. The van der Waals surface area contributed by atoms with Gasteiger partial charge in [0.15, 0.2) is 0 Å². The van der Waals surface area contributed by atoms with Crippen molar-refractivity contribution in [1.29, 1.82) is 0 Å². The van der Waals surface area contributed by atoms with Gasteiger partial charge in [0.05, 0.1) is 12.4 Å². The van der Waals surface area contributed by atoms with Crippen molar-refractivity contribution >= 4 is 17.5 Å². The molecule has 20 heavy (non-hydrogen) atoms. The molecule has 0 fully saturated rings. The molecule has 0 saturated heterocycles. The summed E-state index contributed by atoms with van der Waals surface area (Å²) in [6, 6.07) is -0.499. The molecule has 0 aliphatic rings. The monoisotopic (exact) mass is 309 g/mol. The molecule has 0 aliphatic carbocycles. The smallest absolute Gasteiger partial charge is 0.325 e. The molecule has 0 N–H and O–H groups in total. The first-order chi connectivity index (χ1) is 9.28. The quantitative estimate of drug-likeness (QED) is 0.838. The van der Waals surface area contributed by atoms with Crippen LogP contribution < -0.4 is 0 Å². The van der Waals surface area contributed by atoms with Crippen LogP contribution in [0.25, 0.3) is 0 Å². The number of carbonyl (C=O) groups excluding carboxylic acids is 1. The zero-order valence-electron chi connectivity index (χ0n) is 11.1. The Hall–Kier alpha value is -1.37. The summed E-state index contributed by atoms with van der Waals surface area (Å²) < 4.78 is 37.9. The van der Waals surface area contributed by atoms with E-state index in [-0.39, 0.29) is 10.8 Å². The van der Waals surface area contributed by atoms with Crippen molar-refractivity contribution < 1.29 is 18.0 Å². The van der Waals surface area contributed by atoms with Gasteiger partial charge in [0.25, 0.3) is 5.91 Å². The minimum atomic E-state index is -4.46. The molecule has 0 bridgehead atoms. The minimum Gasteiger partial charge on any atom is -0.325 e. The van der Waals surface area contributed by atoms with Gasteiger partial charge in [-0.05, 0) is 12.8 Å². The summed E-state index contributed by atoms with van der Waals surface area (Å²) >= 11 is 5.54. The van der Waals surface area contributed by atoms with E-state index in [4.69, 9.17) is 11.6 Å². The third-order valence-corrected chi connectivity index (χ3v) is 3.03. The molecule has 4 nitrogen and oxygen atoms in total. The molecular formula is C12H15ClF3N3O. The SMILES string of the molecule is CCC(CC)N(CC(F)(F)F)C(=O)c1cnc(Cl)cn1. The van der Waals surface area contributed by atoms with E-state index in [0.29, 0.717) is 12.8 Å². The van der Waals surface area contributed by atoms with Gasteiger partial charge in [-0.2, -0.15) is 13.2 Å². The van der Waals surface area contributed by atoms with Crippen molar-refractivity contribution in [3.8, 4) is 0 Å². The second-order valence-corrected chi connectivity index (χ2v) is 4.63. The standard InChI is InChI=1S/C12H15ClF3N3O/c1-3-8(4-2)19(7-12(14,15)16)11(20)9-5-18-10(13)6-17-9/h5-6,8H,3-4,7H2,1-2H3. The minimum absolute atomic E-state index is 0.0754. The van der Waals surface area contributed by atoms with Gasteiger partial charge >= 0.3 is 6.18 Å². The summed E-state index contributed by atoms with van der Waals surface area (Å²) in [5, 5.41) is 0.0754. The van der Waals surface area contributed by atoms with Gasteiger partial charge in [-0.1, -0.05) is 25.4 Å². The van der Waals surface area contributed by atoms with Crippen LogP contribution in [0.2, 0.25) is 5.15 Å². The van der Waals surface area contributed by atoms with Gasteiger partial charge in [-0.25, -0.2) is 9.97 Å². The highest BCUT2D eigenvalue weighted by Gasteiger charge is 2.36. The van der Waals surface area contributed by atoms with Crippen LogP contribution in [-0.2, 0) is 0 Å². The Bertz CT molecular complexity index is 446. The van der Waals surface area contributed by atoms with Crippen LogP contribution in [0.5, 0.6) is 0 Å². The van der Waals surface area contributed by atoms with Crippen LogP contribution in [0.15, 0.2) is 12.4 Å². The van der Waals surface area contributed by atoms with E-state index < -0.39 is 24.7 Å². The lowest BCUT2D eigenvalue weighted by Gasteiger charge is -2.30. The molecule has 1 heterocycles. The average molecular weight is 310 g/mol. The van der Waals surface area contributed by atoms with Crippen molar-refractivity contribution in [2.24, 2.45) is 0 Å².